The first-order valence-electron chi connectivity index (χ1n) is 12.7. The molecule has 39 heavy (non-hydrogen) atoms. The van der Waals surface area contributed by atoms with Crippen molar-refractivity contribution < 1.29 is 26.2 Å². The molecule has 1 aliphatic heterocycles. The number of rotatable bonds is 3. The number of hydrogen-bond acceptors (Lipinski definition) is 5. The Morgan fingerprint density at radius 3 is 2.54 bits per heavy atom. The molecule has 1 aliphatic rings. The van der Waals surface area contributed by atoms with Gasteiger partial charge in [-0.05, 0) is 64.2 Å². The first kappa shape index (κ1) is 26.6. The molecular weight excluding hydrogens is 663 g/mol. The molecule has 0 bridgehead atoms. The van der Waals surface area contributed by atoms with Crippen molar-refractivity contribution in [3.63, 3.8) is 0 Å². The summed E-state index contributed by atoms with van der Waals surface area (Å²) in [4.78, 5) is 11.7. The number of aromatic hydroxyl groups is 1. The molecule has 0 unspecified atom stereocenters. The maximum Gasteiger partial charge on any atom is 0.140 e. The van der Waals surface area contributed by atoms with Gasteiger partial charge >= 0.3 is 0 Å². The largest absolute Gasteiger partial charge is 0.506 e. The zero-order valence-electron chi connectivity index (χ0n) is 22.1. The third kappa shape index (κ3) is 4.30. The molecule has 0 aliphatic carbocycles. The first-order chi connectivity index (χ1) is 18.3. The summed E-state index contributed by atoms with van der Waals surface area (Å²) in [6.07, 6.45) is 1.87. The van der Waals surface area contributed by atoms with E-state index in [0.717, 1.165) is 28.3 Å². The summed E-state index contributed by atoms with van der Waals surface area (Å²) in [5.74, 6) is 1.26. The predicted molar refractivity (Wildman–Crippen MR) is 151 cm³/mol. The number of benzene rings is 3. The number of nitriles is 1. The van der Waals surface area contributed by atoms with Gasteiger partial charge in [0.25, 0.3) is 0 Å². The van der Waals surface area contributed by atoms with Crippen molar-refractivity contribution in [2.45, 2.75) is 39.0 Å². The van der Waals surface area contributed by atoms with Crippen LogP contribution < -0.4 is 4.90 Å². The Hall–Kier alpha value is -4.00. The fraction of sp³-hybridized carbons (Fsp3) is 0.182. The van der Waals surface area contributed by atoms with Crippen molar-refractivity contribution in [2.24, 2.45) is 0 Å². The van der Waals surface area contributed by atoms with Crippen LogP contribution in [0.3, 0.4) is 0 Å². The summed E-state index contributed by atoms with van der Waals surface area (Å²) >= 11 is 0. The first-order valence-corrected chi connectivity index (χ1v) is 12.7. The minimum atomic E-state index is -0.246. The quantitative estimate of drug-likeness (QED) is 0.195. The standard InChI is InChI=1S/C33H27N4O.Pt/c1-20(2)21-15-16-35-31(18-21)37-28-8-6-5-7-25(28)33(3,4)26-12-9-22(17-29(26)37)27-13-11-24-23(19-34)10-14-30(38)32(24)36-27;/h5-16,18,20,38H,1-4H3;/q-1;. The molecule has 3 aromatic carbocycles. The minimum Gasteiger partial charge on any atom is -0.506 e. The zero-order chi connectivity index (χ0) is 26.6. The van der Waals surface area contributed by atoms with E-state index >= 15 is 0 Å². The van der Waals surface area contributed by atoms with Crippen LogP contribution in [0.15, 0.2) is 79.0 Å². The molecule has 3 heterocycles. The summed E-state index contributed by atoms with van der Waals surface area (Å²) in [5.41, 5.74) is 7.70. The number of fused-ring (bicyclic) bond motifs is 3. The van der Waals surface area contributed by atoms with E-state index in [9.17, 15) is 10.4 Å². The van der Waals surface area contributed by atoms with Crippen molar-refractivity contribution in [3.05, 3.63) is 107 Å². The van der Waals surface area contributed by atoms with Gasteiger partial charge in [0, 0.05) is 38.3 Å². The summed E-state index contributed by atoms with van der Waals surface area (Å²) in [6, 6.07) is 29.6. The molecule has 196 valence electrons. The Kier molecular flexibility index (Phi) is 6.79. The molecule has 0 spiro atoms. The van der Waals surface area contributed by atoms with Crippen LogP contribution in [0.2, 0.25) is 0 Å². The van der Waals surface area contributed by atoms with Crippen LogP contribution in [0.4, 0.5) is 17.2 Å². The molecule has 6 rings (SSSR count). The second-order valence-electron chi connectivity index (χ2n) is 10.6. The molecular formula is C33H27N4OPt-. The Morgan fingerprint density at radius 2 is 1.77 bits per heavy atom. The second-order valence-corrected chi connectivity index (χ2v) is 10.6. The van der Waals surface area contributed by atoms with Gasteiger partial charge in [-0.1, -0.05) is 63.6 Å². The number of phenols is 1. The monoisotopic (exact) mass is 690 g/mol. The van der Waals surface area contributed by atoms with Crippen LogP contribution in [0.25, 0.3) is 22.2 Å². The summed E-state index contributed by atoms with van der Waals surface area (Å²) in [6.45, 7) is 8.85. The van der Waals surface area contributed by atoms with Gasteiger partial charge in [0.1, 0.15) is 17.1 Å². The Morgan fingerprint density at radius 1 is 0.974 bits per heavy atom. The third-order valence-corrected chi connectivity index (χ3v) is 7.54. The van der Waals surface area contributed by atoms with Gasteiger partial charge in [-0.15, -0.1) is 23.8 Å². The SMILES string of the molecule is CC(C)c1ccnc(N2c3[c-]c(-c4ccc5c(C#N)ccc(O)c5n4)ccc3C(C)(C)c3ccccc32)c1.[Pt]. The van der Waals surface area contributed by atoms with E-state index in [1.807, 2.05) is 24.4 Å². The maximum absolute atomic E-state index is 10.5. The Balaban J connectivity index is 0.00000308. The number of para-hydroxylation sites is 1. The molecule has 0 saturated carbocycles. The van der Waals surface area contributed by atoms with Crippen molar-refractivity contribution in [3.8, 4) is 23.1 Å². The van der Waals surface area contributed by atoms with Crippen molar-refractivity contribution in [2.75, 3.05) is 4.90 Å². The normalized spacial score (nSPS) is 13.4. The molecule has 0 radical (unpaired) electrons. The number of hydrogen-bond donors (Lipinski definition) is 1. The molecule has 6 heteroatoms. The number of phenolic OH excluding ortho intramolecular Hbond substituents is 1. The van der Waals surface area contributed by atoms with E-state index < -0.39 is 0 Å². The average molecular weight is 691 g/mol. The van der Waals surface area contributed by atoms with Crippen LogP contribution in [0.5, 0.6) is 5.75 Å². The number of pyridine rings is 2. The molecule has 0 amide bonds. The van der Waals surface area contributed by atoms with Crippen molar-refractivity contribution in [1.29, 1.82) is 5.26 Å². The van der Waals surface area contributed by atoms with Gasteiger partial charge in [-0.3, -0.25) is 4.98 Å². The molecule has 2 aromatic heterocycles. The molecule has 0 atom stereocenters. The Labute approximate surface area is 243 Å². The number of aromatic nitrogens is 2. The van der Waals surface area contributed by atoms with E-state index in [1.165, 1.54) is 17.2 Å². The smallest absolute Gasteiger partial charge is 0.140 e. The van der Waals surface area contributed by atoms with E-state index in [0.29, 0.717) is 28.1 Å². The van der Waals surface area contributed by atoms with Gasteiger partial charge in [-0.2, -0.15) is 5.26 Å². The summed E-state index contributed by atoms with van der Waals surface area (Å²) in [7, 11) is 0. The van der Waals surface area contributed by atoms with Crippen LogP contribution in [0.1, 0.15) is 55.9 Å². The summed E-state index contributed by atoms with van der Waals surface area (Å²) in [5, 5.41) is 20.6. The van der Waals surface area contributed by atoms with E-state index in [4.69, 9.17) is 9.97 Å². The van der Waals surface area contributed by atoms with Crippen molar-refractivity contribution >= 4 is 28.1 Å². The molecule has 0 saturated heterocycles. The number of nitrogens with zero attached hydrogens (tertiary/aromatic N) is 4. The van der Waals surface area contributed by atoms with Crippen LogP contribution in [-0.4, -0.2) is 15.1 Å². The zero-order valence-corrected chi connectivity index (χ0v) is 24.4. The molecule has 1 N–H and O–H groups in total. The van der Waals surface area contributed by atoms with E-state index in [-0.39, 0.29) is 32.2 Å². The van der Waals surface area contributed by atoms with E-state index in [2.05, 4.69) is 87.2 Å². The Bertz CT molecular complexity index is 1770. The minimum absolute atomic E-state index is 0. The predicted octanol–water partition coefficient (Wildman–Crippen LogP) is 7.90. The van der Waals surface area contributed by atoms with Gasteiger partial charge in [0.15, 0.2) is 0 Å². The fourth-order valence-electron chi connectivity index (χ4n) is 5.38. The maximum atomic E-state index is 10.5. The van der Waals surface area contributed by atoms with Gasteiger partial charge in [0.05, 0.1) is 11.6 Å². The topological polar surface area (TPSA) is 73.0 Å². The average Bonchev–Trinajstić information content (AvgIpc) is 2.93. The molecule has 5 aromatic rings. The van der Waals surface area contributed by atoms with Crippen LogP contribution in [0, 0.1) is 17.4 Å². The fourth-order valence-corrected chi connectivity index (χ4v) is 5.38. The van der Waals surface area contributed by atoms with E-state index in [1.54, 1.807) is 6.07 Å². The van der Waals surface area contributed by atoms with Gasteiger partial charge < -0.3 is 10.0 Å². The van der Waals surface area contributed by atoms with Crippen LogP contribution >= 0.6 is 0 Å². The van der Waals surface area contributed by atoms with Crippen LogP contribution in [-0.2, 0) is 26.5 Å². The van der Waals surface area contributed by atoms with Gasteiger partial charge in [-0.25, -0.2) is 4.98 Å². The number of anilines is 3. The second kappa shape index (κ2) is 9.95. The molecule has 0 fully saturated rings. The van der Waals surface area contributed by atoms with Crippen molar-refractivity contribution in [1.82, 2.24) is 9.97 Å². The third-order valence-electron chi connectivity index (χ3n) is 7.54. The van der Waals surface area contributed by atoms with Gasteiger partial charge in [0.2, 0.25) is 0 Å². The summed E-state index contributed by atoms with van der Waals surface area (Å²) < 4.78 is 0. The molecule has 5 nitrogen and oxygen atoms in total.